The van der Waals surface area contributed by atoms with Crippen LogP contribution in [0.1, 0.15) is 24.0 Å². The van der Waals surface area contributed by atoms with Gasteiger partial charge in [-0.05, 0) is 30.5 Å². The number of nitriles is 1. The lowest BCUT2D eigenvalue weighted by atomic mass is 10.1. The molecule has 5 nitrogen and oxygen atoms in total. The standard InChI is InChI=1S/C13H16N2O3S/c14-9-11-1-3-12(4-2-11)10-19(17,18)15-7-5-13(16)6-8-15/h1-4,13,16H,5-8,10H2. The molecule has 1 aromatic rings. The Balaban J connectivity index is 2.06. The second-order valence-electron chi connectivity index (χ2n) is 4.70. The Morgan fingerprint density at radius 3 is 2.37 bits per heavy atom. The molecular formula is C13H16N2O3S. The average molecular weight is 280 g/mol. The second-order valence-corrected chi connectivity index (χ2v) is 6.66. The molecule has 1 fully saturated rings. The lowest BCUT2D eigenvalue weighted by Gasteiger charge is -2.28. The smallest absolute Gasteiger partial charge is 0.218 e. The first kappa shape index (κ1) is 14.0. The van der Waals surface area contributed by atoms with Crippen molar-refractivity contribution in [1.29, 1.82) is 5.26 Å². The molecule has 0 spiro atoms. The first-order valence-electron chi connectivity index (χ1n) is 6.16. The van der Waals surface area contributed by atoms with Crippen LogP contribution in [0, 0.1) is 11.3 Å². The van der Waals surface area contributed by atoms with E-state index in [1.54, 1.807) is 24.3 Å². The zero-order valence-electron chi connectivity index (χ0n) is 10.5. The Hall–Kier alpha value is -1.42. The first-order chi connectivity index (χ1) is 9.01. The summed E-state index contributed by atoms with van der Waals surface area (Å²) in [6.07, 6.45) is 0.598. The second kappa shape index (κ2) is 5.70. The Labute approximate surface area is 113 Å². The predicted molar refractivity (Wildman–Crippen MR) is 70.6 cm³/mol. The van der Waals surface area contributed by atoms with Crippen LogP contribution in [0.3, 0.4) is 0 Å². The van der Waals surface area contributed by atoms with E-state index < -0.39 is 10.0 Å². The highest BCUT2D eigenvalue weighted by atomic mass is 32.2. The zero-order chi connectivity index (χ0) is 13.9. The molecule has 1 saturated heterocycles. The molecule has 0 amide bonds. The lowest BCUT2D eigenvalue weighted by Crippen LogP contribution is -2.40. The van der Waals surface area contributed by atoms with Crippen LogP contribution in [0.5, 0.6) is 0 Å². The van der Waals surface area contributed by atoms with Gasteiger partial charge < -0.3 is 5.11 Å². The SMILES string of the molecule is N#Cc1ccc(CS(=O)(=O)N2CCC(O)CC2)cc1. The molecular weight excluding hydrogens is 264 g/mol. The van der Waals surface area contributed by atoms with E-state index >= 15 is 0 Å². The molecule has 0 unspecified atom stereocenters. The number of hydrogen-bond acceptors (Lipinski definition) is 4. The monoisotopic (exact) mass is 280 g/mol. The summed E-state index contributed by atoms with van der Waals surface area (Å²) in [7, 11) is -3.34. The van der Waals surface area contributed by atoms with Crippen LogP contribution >= 0.6 is 0 Å². The van der Waals surface area contributed by atoms with Crippen molar-refractivity contribution in [2.75, 3.05) is 13.1 Å². The van der Waals surface area contributed by atoms with Crippen molar-refractivity contribution in [2.45, 2.75) is 24.7 Å². The summed E-state index contributed by atoms with van der Waals surface area (Å²) in [4.78, 5) is 0. The van der Waals surface area contributed by atoms with Gasteiger partial charge in [0.2, 0.25) is 10.0 Å². The number of aliphatic hydroxyl groups is 1. The Kier molecular flexibility index (Phi) is 4.20. The van der Waals surface area contributed by atoms with Gasteiger partial charge in [0.25, 0.3) is 0 Å². The van der Waals surface area contributed by atoms with E-state index in [1.165, 1.54) is 4.31 Å². The van der Waals surface area contributed by atoms with E-state index in [1.807, 2.05) is 6.07 Å². The highest BCUT2D eigenvalue weighted by Crippen LogP contribution is 2.17. The van der Waals surface area contributed by atoms with E-state index in [9.17, 15) is 13.5 Å². The van der Waals surface area contributed by atoms with Crippen LogP contribution in [0.2, 0.25) is 0 Å². The highest BCUT2D eigenvalue weighted by Gasteiger charge is 2.27. The van der Waals surface area contributed by atoms with E-state index in [0.29, 0.717) is 37.1 Å². The largest absolute Gasteiger partial charge is 0.393 e. The minimum atomic E-state index is -3.34. The molecule has 1 heterocycles. The maximum Gasteiger partial charge on any atom is 0.218 e. The van der Waals surface area contributed by atoms with Gasteiger partial charge in [0, 0.05) is 13.1 Å². The number of benzene rings is 1. The van der Waals surface area contributed by atoms with Gasteiger partial charge in [-0.1, -0.05) is 12.1 Å². The van der Waals surface area contributed by atoms with Crippen LogP contribution in [0.4, 0.5) is 0 Å². The number of nitrogens with zero attached hydrogens (tertiary/aromatic N) is 2. The summed E-state index contributed by atoms with van der Waals surface area (Å²) >= 11 is 0. The molecule has 0 radical (unpaired) electrons. The summed E-state index contributed by atoms with van der Waals surface area (Å²) in [5, 5.41) is 18.1. The fourth-order valence-electron chi connectivity index (χ4n) is 2.10. The van der Waals surface area contributed by atoms with Gasteiger partial charge in [-0.25, -0.2) is 12.7 Å². The fourth-order valence-corrected chi connectivity index (χ4v) is 3.66. The van der Waals surface area contributed by atoms with Crippen LogP contribution in [0.15, 0.2) is 24.3 Å². The molecule has 1 aliphatic rings. The van der Waals surface area contributed by atoms with Gasteiger partial charge >= 0.3 is 0 Å². The number of aliphatic hydroxyl groups excluding tert-OH is 1. The fraction of sp³-hybridized carbons (Fsp3) is 0.462. The molecule has 1 N–H and O–H groups in total. The molecule has 19 heavy (non-hydrogen) atoms. The maximum atomic E-state index is 12.2. The topological polar surface area (TPSA) is 81.4 Å². The van der Waals surface area contributed by atoms with Crippen molar-refractivity contribution >= 4 is 10.0 Å². The lowest BCUT2D eigenvalue weighted by molar-refractivity contribution is 0.113. The van der Waals surface area contributed by atoms with Crippen molar-refractivity contribution in [1.82, 2.24) is 4.31 Å². The van der Waals surface area contributed by atoms with Gasteiger partial charge in [0.1, 0.15) is 0 Å². The molecule has 0 bridgehead atoms. The van der Waals surface area contributed by atoms with Crippen LogP contribution in [0.25, 0.3) is 0 Å². The zero-order valence-corrected chi connectivity index (χ0v) is 11.3. The van der Waals surface area contributed by atoms with Crippen molar-refractivity contribution in [3.8, 4) is 6.07 Å². The van der Waals surface area contributed by atoms with Crippen LogP contribution in [-0.4, -0.2) is 37.0 Å². The Morgan fingerprint density at radius 1 is 1.26 bits per heavy atom. The average Bonchev–Trinajstić information content (AvgIpc) is 2.40. The van der Waals surface area contributed by atoms with Gasteiger partial charge in [-0.15, -0.1) is 0 Å². The number of sulfonamides is 1. The van der Waals surface area contributed by atoms with E-state index in [2.05, 4.69) is 0 Å². The molecule has 102 valence electrons. The maximum absolute atomic E-state index is 12.2. The van der Waals surface area contributed by atoms with Crippen LogP contribution < -0.4 is 0 Å². The summed E-state index contributed by atoms with van der Waals surface area (Å²) in [5.41, 5.74) is 1.19. The van der Waals surface area contributed by atoms with Crippen molar-refractivity contribution in [3.63, 3.8) is 0 Å². The molecule has 0 saturated carbocycles. The molecule has 0 atom stereocenters. The van der Waals surface area contributed by atoms with Gasteiger partial charge in [-0.3, -0.25) is 0 Å². The third-order valence-electron chi connectivity index (χ3n) is 3.25. The molecule has 6 heteroatoms. The van der Waals surface area contributed by atoms with Gasteiger partial charge in [0.05, 0.1) is 23.5 Å². The van der Waals surface area contributed by atoms with Crippen LogP contribution in [-0.2, 0) is 15.8 Å². The summed E-state index contributed by atoms with van der Waals surface area (Å²) < 4.78 is 25.8. The number of piperidine rings is 1. The third kappa shape index (κ3) is 3.53. The normalized spacial score (nSPS) is 18.1. The summed E-state index contributed by atoms with van der Waals surface area (Å²) in [5.74, 6) is -0.0607. The summed E-state index contributed by atoms with van der Waals surface area (Å²) in [6.45, 7) is 0.750. The minimum Gasteiger partial charge on any atom is -0.393 e. The minimum absolute atomic E-state index is 0.0607. The molecule has 1 aromatic carbocycles. The summed E-state index contributed by atoms with van der Waals surface area (Å²) in [6, 6.07) is 8.55. The predicted octanol–water partition coefficient (Wildman–Crippen LogP) is 0.845. The molecule has 2 rings (SSSR count). The van der Waals surface area contributed by atoms with E-state index in [0.717, 1.165) is 0 Å². The number of hydrogen-bond donors (Lipinski definition) is 1. The van der Waals surface area contributed by atoms with Gasteiger partial charge in [0.15, 0.2) is 0 Å². The van der Waals surface area contributed by atoms with Gasteiger partial charge in [-0.2, -0.15) is 5.26 Å². The number of rotatable bonds is 3. The molecule has 0 aromatic heterocycles. The van der Waals surface area contributed by atoms with E-state index in [4.69, 9.17) is 5.26 Å². The molecule has 0 aliphatic carbocycles. The molecule has 1 aliphatic heterocycles. The van der Waals surface area contributed by atoms with Crippen molar-refractivity contribution in [3.05, 3.63) is 35.4 Å². The highest BCUT2D eigenvalue weighted by molar-refractivity contribution is 7.88. The Morgan fingerprint density at radius 2 is 1.84 bits per heavy atom. The quantitative estimate of drug-likeness (QED) is 0.889. The third-order valence-corrected chi connectivity index (χ3v) is 5.10. The Bertz CT molecular complexity index is 567. The van der Waals surface area contributed by atoms with E-state index in [-0.39, 0.29) is 11.9 Å². The first-order valence-corrected chi connectivity index (χ1v) is 7.77. The van der Waals surface area contributed by atoms with Crippen molar-refractivity contribution in [2.24, 2.45) is 0 Å². The van der Waals surface area contributed by atoms with Crippen molar-refractivity contribution < 1.29 is 13.5 Å².